The fraction of sp³-hybridized carbons (Fsp3) is 0.667. The Hall–Kier alpha value is -1.13. The van der Waals surface area contributed by atoms with Gasteiger partial charge in [0.1, 0.15) is 5.82 Å². The summed E-state index contributed by atoms with van der Waals surface area (Å²) in [4.78, 5) is 7.01. The van der Waals surface area contributed by atoms with Gasteiger partial charge in [0, 0.05) is 38.5 Å². The lowest BCUT2D eigenvalue weighted by Gasteiger charge is -2.19. The fourth-order valence-corrected chi connectivity index (χ4v) is 2.66. The quantitative estimate of drug-likeness (QED) is 0.878. The van der Waals surface area contributed by atoms with Crippen molar-refractivity contribution in [3.8, 4) is 0 Å². The van der Waals surface area contributed by atoms with Crippen LogP contribution in [0, 0.1) is 6.92 Å². The summed E-state index contributed by atoms with van der Waals surface area (Å²) in [6, 6.07) is 5.16. The Labute approximate surface area is 115 Å². The molecule has 0 bridgehead atoms. The van der Waals surface area contributed by atoms with Crippen molar-refractivity contribution in [2.24, 2.45) is 0 Å². The molecule has 4 heteroatoms. The highest BCUT2D eigenvalue weighted by Crippen LogP contribution is 2.23. The van der Waals surface area contributed by atoms with E-state index in [1.165, 1.54) is 18.4 Å². The smallest absolute Gasteiger partial charge is 0.129 e. The molecule has 1 saturated carbocycles. The Morgan fingerprint density at radius 3 is 2.89 bits per heavy atom. The Balaban J connectivity index is 1.69. The maximum atomic E-state index is 5.43. The summed E-state index contributed by atoms with van der Waals surface area (Å²) in [5, 5.41) is 3.57. The molecule has 1 aliphatic carbocycles. The zero-order chi connectivity index (χ0) is 13.2. The average molecular weight is 261 g/mol. The van der Waals surface area contributed by atoms with Crippen molar-refractivity contribution in [2.45, 2.75) is 44.9 Å². The van der Waals surface area contributed by atoms with E-state index in [9.17, 15) is 0 Å². The van der Waals surface area contributed by atoms with Crippen molar-refractivity contribution in [3.63, 3.8) is 0 Å². The van der Waals surface area contributed by atoms with E-state index in [0.717, 1.165) is 43.6 Å². The Kier molecular flexibility index (Phi) is 3.71. The molecule has 1 unspecified atom stereocenters. The molecule has 0 aromatic carbocycles. The van der Waals surface area contributed by atoms with Crippen LogP contribution in [0.4, 0.5) is 5.82 Å². The Bertz CT molecular complexity index is 445. The van der Waals surface area contributed by atoms with E-state index in [1.807, 2.05) is 0 Å². The molecule has 1 aliphatic heterocycles. The summed E-state index contributed by atoms with van der Waals surface area (Å²) < 4.78 is 5.43. The van der Waals surface area contributed by atoms with Gasteiger partial charge in [-0.1, -0.05) is 0 Å². The van der Waals surface area contributed by atoms with Crippen molar-refractivity contribution in [2.75, 3.05) is 25.1 Å². The van der Waals surface area contributed by atoms with E-state index in [2.05, 4.69) is 34.3 Å². The van der Waals surface area contributed by atoms with E-state index in [1.54, 1.807) is 7.11 Å². The monoisotopic (exact) mass is 261 g/mol. The number of aromatic nitrogens is 1. The van der Waals surface area contributed by atoms with Crippen LogP contribution in [-0.2, 0) is 11.3 Å². The van der Waals surface area contributed by atoms with Gasteiger partial charge in [-0.05, 0) is 43.9 Å². The fourth-order valence-electron chi connectivity index (χ4n) is 2.66. The minimum atomic E-state index is 0.357. The number of aryl methyl sites for hydroxylation is 1. The average Bonchev–Trinajstić information content (AvgIpc) is 3.11. The first kappa shape index (κ1) is 12.9. The summed E-state index contributed by atoms with van der Waals surface area (Å²) in [7, 11) is 1.79. The number of nitrogens with one attached hydrogen (secondary N) is 1. The van der Waals surface area contributed by atoms with Gasteiger partial charge in [-0.3, -0.25) is 0 Å². The number of methoxy groups -OCH3 is 1. The summed E-state index contributed by atoms with van der Waals surface area (Å²) in [6.07, 6.45) is 4.12. The third-order valence-electron chi connectivity index (χ3n) is 3.97. The number of pyridine rings is 1. The molecule has 1 aromatic rings. The highest BCUT2D eigenvalue weighted by Gasteiger charge is 2.24. The molecule has 3 rings (SSSR count). The lowest BCUT2D eigenvalue weighted by atomic mass is 10.2. The van der Waals surface area contributed by atoms with E-state index < -0.39 is 0 Å². The van der Waals surface area contributed by atoms with Crippen molar-refractivity contribution < 1.29 is 4.74 Å². The maximum Gasteiger partial charge on any atom is 0.129 e. The standard InChI is InChI=1S/C15H23N3O/c1-11-7-12(9-16-13-3-4-13)8-15(17-11)18-6-5-14(10-18)19-2/h7-8,13-14,16H,3-6,9-10H2,1-2H3. The zero-order valence-electron chi connectivity index (χ0n) is 11.9. The number of rotatable bonds is 5. The van der Waals surface area contributed by atoms with Crippen molar-refractivity contribution in [1.29, 1.82) is 0 Å². The Morgan fingerprint density at radius 1 is 1.37 bits per heavy atom. The van der Waals surface area contributed by atoms with Crippen LogP contribution in [0.5, 0.6) is 0 Å². The SMILES string of the molecule is COC1CCN(c2cc(CNC3CC3)cc(C)n2)C1. The van der Waals surface area contributed by atoms with Gasteiger partial charge in [-0.2, -0.15) is 0 Å². The highest BCUT2D eigenvalue weighted by molar-refractivity contribution is 5.44. The number of hydrogen-bond acceptors (Lipinski definition) is 4. The lowest BCUT2D eigenvalue weighted by Crippen LogP contribution is -2.24. The number of hydrogen-bond donors (Lipinski definition) is 1. The van der Waals surface area contributed by atoms with Gasteiger partial charge >= 0.3 is 0 Å². The normalized spacial score (nSPS) is 23.1. The van der Waals surface area contributed by atoms with Crippen LogP contribution in [-0.4, -0.2) is 37.3 Å². The van der Waals surface area contributed by atoms with Gasteiger partial charge in [0.2, 0.25) is 0 Å². The largest absolute Gasteiger partial charge is 0.380 e. The first-order chi connectivity index (χ1) is 9.24. The van der Waals surface area contributed by atoms with Gasteiger partial charge < -0.3 is 15.0 Å². The molecule has 2 heterocycles. The minimum Gasteiger partial charge on any atom is -0.380 e. The first-order valence-electron chi connectivity index (χ1n) is 7.23. The van der Waals surface area contributed by atoms with Crippen molar-refractivity contribution in [3.05, 3.63) is 23.4 Å². The van der Waals surface area contributed by atoms with Crippen LogP contribution < -0.4 is 10.2 Å². The second kappa shape index (κ2) is 5.47. The molecule has 0 amide bonds. The molecule has 0 radical (unpaired) electrons. The third kappa shape index (κ3) is 3.25. The highest BCUT2D eigenvalue weighted by atomic mass is 16.5. The predicted octanol–water partition coefficient (Wildman–Crippen LogP) is 1.87. The summed E-state index contributed by atoms with van der Waals surface area (Å²) in [5.74, 6) is 1.10. The van der Waals surface area contributed by atoms with Crippen LogP contribution >= 0.6 is 0 Å². The van der Waals surface area contributed by atoms with Gasteiger partial charge in [0.05, 0.1) is 6.10 Å². The van der Waals surface area contributed by atoms with Gasteiger partial charge in [-0.15, -0.1) is 0 Å². The summed E-state index contributed by atoms with van der Waals surface area (Å²) in [5.41, 5.74) is 2.45. The molecular weight excluding hydrogens is 238 g/mol. The zero-order valence-corrected chi connectivity index (χ0v) is 11.9. The number of anilines is 1. The van der Waals surface area contributed by atoms with Gasteiger partial charge in [0.25, 0.3) is 0 Å². The van der Waals surface area contributed by atoms with Gasteiger partial charge in [0.15, 0.2) is 0 Å². The van der Waals surface area contributed by atoms with E-state index in [-0.39, 0.29) is 0 Å². The topological polar surface area (TPSA) is 37.4 Å². The van der Waals surface area contributed by atoms with Crippen LogP contribution in [0.3, 0.4) is 0 Å². The first-order valence-corrected chi connectivity index (χ1v) is 7.23. The van der Waals surface area contributed by atoms with E-state index in [4.69, 9.17) is 4.74 Å². The van der Waals surface area contributed by atoms with E-state index in [0.29, 0.717) is 6.10 Å². The lowest BCUT2D eigenvalue weighted by molar-refractivity contribution is 0.121. The predicted molar refractivity (Wildman–Crippen MR) is 76.5 cm³/mol. The van der Waals surface area contributed by atoms with Gasteiger partial charge in [-0.25, -0.2) is 4.98 Å². The molecule has 1 aromatic heterocycles. The second-order valence-corrected chi connectivity index (χ2v) is 5.72. The van der Waals surface area contributed by atoms with Crippen molar-refractivity contribution in [1.82, 2.24) is 10.3 Å². The molecule has 19 heavy (non-hydrogen) atoms. The molecule has 4 nitrogen and oxygen atoms in total. The molecule has 1 N–H and O–H groups in total. The summed E-state index contributed by atoms with van der Waals surface area (Å²) >= 11 is 0. The molecule has 2 fully saturated rings. The van der Waals surface area contributed by atoms with Crippen LogP contribution in [0.25, 0.3) is 0 Å². The Morgan fingerprint density at radius 2 is 2.21 bits per heavy atom. The number of nitrogens with zero attached hydrogens (tertiary/aromatic N) is 2. The van der Waals surface area contributed by atoms with Crippen LogP contribution in [0.15, 0.2) is 12.1 Å². The molecule has 0 spiro atoms. The summed E-state index contributed by atoms with van der Waals surface area (Å²) in [6.45, 7) is 5.05. The molecule has 1 saturated heterocycles. The minimum absolute atomic E-state index is 0.357. The third-order valence-corrected chi connectivity index (χ3v) is 3.97. The van der Waals surface area contributed by atoms with Crippen LogP contribution in [0.1, 0.15) is 30.5 Å². The van der Waals surface area contributed by atoms with Crippen LogP contribution in [0.2, 0.25) is 0 Å². The second-order valence-electron chi connectivity index (χ2n) is 5.72. The molecule has 2 aliphatic rings. The molecule has 104 valence electrons. The van der Waals surface area contributed by atoms with Crippen molar-refractivity contribution >= 4 is 5.82 Å². The maximum absolute atomic E-state index is 5.43. The molecular formula is C15H23N3O. The number of ether oxygens (including phenoxy) is 1. The van der Waals surface area contributed by atoms with E-state index >= 15 is 0 Å². The molecule has 1 atom stereocenters.